The van der Waals surface area contributed by atoms with Crippen molar-refractivity contribution in [2.24, 2.45) is 0 Å². The van der Waals surface area contributed by atoms with Crippen LogP contribution in [0.15, 0.2) is 382 Å². The Bertz CT molecular complexity index is 4830. The maximum Gasteiger partial charge on any atom is 0.361 e. The molecule has 602 valence electrons. The smallest absolute Gasteiger partial charge is 0.361 e. The molecule has 0 bridgehead atoms. The standard InChI is InChI=1S/C104H91O15P/c105-120(104-44-26-9-27-45-104,118-76-90-54-100(114-72-86-46-92(106-64-78-28-10-1-11-29-78)58-93(47-86)107-65-79-30-12-2-13-31-79)62-101(55-90)115-73-87-48-94(108-66-80-32-14-3-15-33-80)59-95(49-87)109-67-81-34-16-4-17-35-81)119-77-91-56-102(116-74-88-50-96(110-68-82-36-18-5-19-37-82)60-97(51-88)111-69-83-38-20-6-21-39-83)63-103(57-91)117-75-89-52-98(112-70-84-40-22-7-23-41-84)61-99(53-89)113-71-85-42-24-8-25-43-85/h1-63H,64-77H2. The van der Waals surface area contributed by atoms with Crippen molar-refractivity contribution in [1.82, 2.24) is 0 Å². The van der Waals surface area contributed by atoms with Gasteiger partial charge in [-0.1, -0.05) is 261 Å². The molecule has 0 unspecified atom stereocenters. The van der Waals surface area contributed by atoms with Crippen molar-refractivity contribution in [3.63, 3.8) is 0 Å². The summed E-state index contributed by atoms with van der Waals surface area (Å²) < 4.78 is 108. The van der Waals surface area contributed by atoms with Crippen molar-refractivity contribution in [2.45, 2.75) is 92.5 Å². The van der Waals surface area contributed by atoms with Gasteiger partial charge in [0.15, 0.2) is 0 Å². The van der Waals surface area contributed by atoms with Gasteiger partial charge in [0.05, 0.1) is 18.5 Å². The number of benzene rings is 15. The molecule has 0 N–H and O–H groups in total. The molecule has 16 heteroatoms. The molecule has 0 radical (unpaired) electrons. The Labute approximate surface area is 700 Å². The van der Waals surface area contributed by atoms with Crippen LogP contribution in [0.5, 0.6) is 69.0 Å². The summed E-state index contributed by atoms with van der Waals surface area (Å²) in [5.74, 6) is 6.58. The largest absolute Gasteiger partial charge is 0.489 e. The van der Waals surface area contributed by atoms with Crippen molar-refractivity contribution >= 4 is 12.9 Å². The van der Waals surface area contributed by atoms with Crippen molar-refractivity contribution in [1.29, 1.82) is 0 Å². The Morgan fingerprint density at radius 1 is 0.142 bits per heavy atom. The molecule has 15 nitrogen and oxygen atoms in total. The molecule has 0 saturated heterocycles. The molecule has 0 amide bonds. The Hall–Kier alpha value is -14.0. The van der Waals surface area contributed by atoms with Gasteiger partial charge in [0, 0.05) is 36.4 Å². The van der Waals surface area contributed by atoms with Gasteiger partial charge in [-0.25, -0.2) is 0 Å². The van der Waals surface area contributed by atoms with Gasteiger partial charge in [-0.3, -0.25) is 4.57 Å². The molecule has 0 heterocycles. The molecule has 15 aromatic carbocycles. The second kappa shape index (κ2) is 42.3. The van der Waals surface area contributed by atoms with Crippen molar-refractivity contribution in [3.8, 4) is 69.0 Å². The number of rotatable bonds is 43. The van der Waals surface area contributed by atoms with Crippen LogP contribution in [0.3, 0.4) is 0 Å². The summed E-state index contributed by atoms with van der Waals surface area (Å²) in [5.41, 5.74) is 12.4. The molecule has 0 saturated carbocycles. The van der Waals surface area contributed by atoms with Crippen LogP contribution in [0, 0.1) is 0 Å². The van der Waals surface area contributed by atoms with Gasteiger partial charge in [-0.2, -0.15) is 0 Å². The van der Waals surface area contributed by atoms with Crippen LogP contribution in [-0.2, 0) is 106 Å². The van der Waals surface area contributed by atoms with Crippen LogP contribution >= 0.6 is 7.60 Å². The Morgan fingerprint density at radius 3 is 0.417 bits per heavy atom. The van der Waals surface area contributed by atoms with Gasteiger partial charge in [-0.05, 0) is 163 Å². The van der Waals surface area contributed by atoms with E-state index in [9.17, 15) is 0 Å². The number of hydrogen-bond acceptors (Lipinski definition) is 15. The number of hydrogen-bond donors (Lipinski definition) is 0. The van der Waals surface area contributed by atoms with Crippen LogP contribution in [0.2, 0.25) is 0 Å². The highest BCUT2D eigenvalue weighted by Gasteiger charge is 2.29. The van der Waals surface area contributed by atoms with Crippen LogP contribution < -0.4 is 62.1 Å². The molecule has 0 spiro atoms. The van der Waals surface area contributed by atoms with Gasteiger partial charge in [0.25, 0.3) is 0 Å². The predicted octanol–water partition coefficient (Wildman–Crippen LogP) is 23.9. The SMILES string of the molecule is O=P(OCc1cc(OCc2cc(OCc3ccccc3)cc(OCc3ccccc3)c2)cc(OCc2cc(OCc3ccccc3)cc(OCc3ccccc3)c2)c1)(OCc1cc(OCc2cc(OCc3ccccc3)cc(OCc3ccccc3)c2)cc(OCc2cc(OCc3ccccc3)cc(OCc3ccccc3)c2)c1)c1ccccc1. The van der Waals surface area contributed by atoms with Gasteiger partial charge >= 0.3 is 7.60 Å². The third-order valence-corrected chi connectivity index (χ3v) is 21.0. The maximum absolute atomic E-state index is 16.1. The average molecular weight is 1610 g/mol. The summed E-state index contributed by atoms with van der Waals surface area (Å²) in [6.45, 7) is 2.67. The summed E-state index contributed by atoms with van der Waals surface area (Å²) in [6.07, 6.45) is 0. The third-order valence-electron chi connectivity index (χ3n) is 19.1. The van der Waals surface area contributed by atoms with Gasteiger partial charge in [-0.15, -0.1) is 0 Å². The van der Waals surface area contributed by atoms with E-state index in [0.29, 0.717) is 138 Å². The van der Waals surface area contributed by atoms with E-state index in [-0.39, 0.29) is 39.6 Å². The van der Waals surface area contributed by atoms with Crippen LogP contribution in [0.4, 0.5) is 0 Å². The van der Waals surface area contributed by atoms with Crippen molar-refractivity contribution in [3.05, 3.63) is 460 Å². The Balaban J connectivity index is 0.728. The van der Waals surface area contributed by atoms with E-state index in [4.69, 9.17) is 65.9 Å². The lowest BCUT2D eigenvalue weighted by molar-refractivity contribution is 0.198. The Kier molecular flexibility index (Phi) is 28.6. The van der Waals surface area contributed by atoms with E-state index in [2.05, 4.69) is 0 Å². The molecule has 120 heavy (non-hydrogen) atoms. The average Bonchev–Trinajstić information content (AvgIpc) is 0.804. The Morgan fingerprint density at radius 2 is 0.267 bits per heavy atom. The molecular weight excluding hydrogens is 1520 g/mol. The fourth-order valence-corrected chi connectivity index (χ4v) is 14.5. The summed E-state index contributed by atoms with van der Waals surface area (Å²) in [6, 6.07) is 123. The van der Waals surface area contributed by atoms with Gasteiger partial charge in [0.2, 0.25) is 0 Å². The van der Waals surface area contributed by atoms with E-state index in [0.717, 1.165) is 66.8 Å². The highest BCUT2D eigenvalue weighted by atomic mass is 31.2. The predicted molar refractivity (Wildman–Crippen MR) is 465 cm³/mol. The minimum atomic E-state index is -4.27. The van der Waals surface area contributed by atoms with E-state index >= 15 is 4.57 Å². The second-order valence-electron chi connectivity index (χ2n) is 28.6. The molecule has 0 aliphatic rings. The zero-order chi connectivity index (χ0) is 81.4. The summed E-state index contributed by atoms with van der Waals surface area (Å²) in [4.78, 5) is 0. The second-order valence-corrected chi connectivity index (χ2v) is 30.6. The molecule has 0 aromatic heterocycles. The summed E-state index contributed by atoms with van der Waals surface area (Å²) >= 11 is 0. The first-order chi connectivity index (χ1) is 59.2. The lowest BCUT2D eigenvalue weighted by atomic mass is 10.2. The van der Waals surface area contributed by atoms with Crippen molar-refractivity contribution in [2.75, 3.05) is 0 Å². The quantitative estimate of drug-likeness (QED) is 0.0334. The van der Waals surface area contributed by atoms with Crippen LogP contribution in [0.25, 0.3) is 0 Å². The van der Waals surface area contributed by atoms with Crippen LogP contribution in [-0.4, -0.2) is 0 Å². The van der Waals surface area contributed by atoms with Crippen LogP contribution in [0.1, 0.15) is 77.9 Å². The highest BCUT2D eigenvalue weighted by molar-refractivity contribution is 7.62. The fourth-order valence-electron chi connectivity index (χ4n) is 13.0. The first-order valence-electron chi connectivity index (χ1n) is 39.8. The first kappa shape index (κ1) is 81.2. The molecular formula is C104H91O15P. The minimum absolute atomic E-state index is 0.0938. The normalized spacial score (nSPS) is 11.1. The van der Waals surface area contributed by atoms with E-state index in [1.165, 1.54) is 0 Å². The van der Waals surface area contributed by atoms with Crippen molar-refractivity contribution < 1.29 is 70.5 Å². The molecule has 0 atom stereocenters. The number of ether oxygens (including phenoxy) is 12. The molecule has 15 rings (SSSR count). The van der Waals surface area contributed by atoms with E-state index < -0.39 is 7.60 Å². The maximum atomic E-state index is 16.1. The zero-order valence-corrected chi connectivity index (χ0v) is 67.2. The molecule has 0 aliphatic carbocycles. The summed E-state index contributed by atoms with van der Waals surface area (Å²) in [7, 11) is -4.27. The zero-order valence-electron chi connectivity index (χ0n) is 66.3. The lowest BCUT2D eigenvalue weighted by Crippen LogP contribution is -2.11. The summed E-state index contributed by atoms with van der Waals surface area (Å²) in [5, 5.41) is 0.330. The monoisotopic (exact) mass is 1610 g/mol. The van der Waals surface area contributed by atoms with E-state index in [1.807, 2.05) is 358 Å². The van der Waals surface area contributed by atoms with Gasteiger partial charge in [0.1, 0.15) is 148 Å². The lowest BCUT2D eigenvalue weighted by Gasteiger charge is -2.20. The minimum Gasteiger partial charge on any atom is -0.489 e. The topological polar surface area (TPSA) is 146 Å². The molecule has 0 aliphatic heterocycles. The van der Waals surface area contributed by atoms with Gasteiger partial charge < -0.3 is 65.9 Å². The highest BCUT2D eigenvalue weighted by Crippen LogP contribution is 2.49. The fraction of sp³-hybridized carbons (Fsp3) is 0.135. The molecule has 15 aromatic rings. The molecule has 0 fully saturated rings. The third kappa shape index (κ3) is 25.5. The first-order valence-corrected chi connectivity index (χ1v) is 41.3. The van der Waals surface area contributed by atoms with E-state index in [1.54, 1.807) is 24.3 Å².